The molecular weight excluding hydrogens is 234 g/mol. The highest BCUT2D eigenvalue weighted by Gasteiger charge is 2.32. The van der Waals surface area contributed by atoms with Crippen LogP contribution in [0.25, 0.3) is 0 Å². The fourth-order valence-electron chi connectivity index (χ4n) is 2.46. The van der Waals surface area contributed by atoms with Crippen LogP contribution in [0.2, 0.25) is 0 Å². The molecule has 0 unspecified atom stereocenters. The molecule has 3 nitrogen and oxygen atoms in total. The van der Waals surface area contributed by atoms with Gasteiger partial charge in [0.15, 0.2) is 0 Å². The molecule has 0 bridgehead atoms. The topological polar surface area (TPSA) is 49.3 Å². The van der Waals surface area contributed by atoms with Crippen molar-refractivity contribution in [3.8, 4) is 0 Å². The van der Waals surface area contributed by atoms with Crippen molar-refractivity contribution in [3.63, 3.8) is 0 Å². The summed E-state index contributed by atoms with van der Waals surface area (Å²) in [6.45, 7) is 0.0587. The second-order valence-corrected chi connectivity index (χ2v) is 5.84. The zero-order valence-corrected chi connectivity index (χ0v) is 10.8. The van der Waals surface area contributed by atoms with Crippen molar-refractivity contribution in [3.05, 3.63) is 22.4 Å². The minimum atomic E-state index is -0.355. The Morgan fingerprint density at radius 3 is 2.76 bits per heavy atom. The van der Waals surface area contributed by atoms with Gasteiger partial charge in [-0.3, -0.25) is 4.79 Å². The van der Waals surface area contributed by atoms with E-state index in [0.29, 0.717) is 6.42 Å². The second kappa shape index (κ2) is 5.65. The zero-order chi connectivity index (χ0) is 12.1. The van der Waals surface area contributed by atoms with Crippen LogP contribution >= 0.6 is 11.3 Å². The van der Waals surface area contributed by atoms with Gasteiger partial charge in [0.25, 0.3) is 0 Å². The molecule has 1 saturated carbocycles. The van der Waals surface area contributed by atoms with Gasteiger partial charge in [-0.25, -0.2) is 0 Å². The molecule has 1 aliphatic rings. The van der Waals surface area contributed by atoms with Gasteiger partial charge in [-0.15, -0.1) is 11.3 Å². The molecule has 1 aliphatic carbocycles. The summed E-state index contributed by atoms with van der Waals surface area (Å²) < 4.78 is 0. The van der Waals surface area contributed by atoms with Crippen LogP contribution in [-0.2, 0) is 11.2 Å². The van der Waals surface area contributed by atoms with Crippen molar-refractivity contribution in [2.45, 2.75) is 44.1 Å². The SMILES string of the molecule is O=C(Cc1cccs1)NC1(CO)CCCCC1. The average Bonchev–Trinajstić information content (AvgIpc) is 2.83. The number of nitrogens with one attached hydrogen (secondary N) is 1. The summed E-state index contributed by atoms with van der Waals surface area (Å²) in [5, 5.41) is 14.5. The Morgan fingerprint density at radius 1 is 1.41 bits per heavy atom. The maximum absolute atomic E-state index is 11.9. The van der Waals surface area contributed by atoms with Crippen LogP contribution in [0.3, 0.4) is 0 Å². The molecule has 0 radical (unpaired) electrons. The largest absolute Gasteiger partial charge is 0.394 e. The van der Waals surface area contributed by atoms with E-state index in [2.05, 4.69) is 5.32 Å². The molecule has 1 aromatic heterocycles. The van der Waals surface area contributed by atoms with Crippen LogP contribution in [-0.4, -0.2) is 23.2 Å². The van der Waals surface area contributed by atoms with Gasteiger partial charge in [-0.1, -0.05) is 25.3 Å². The number of aliphatic hydroxyl groups is 1. The van der Waals surface area contributed by atoms with E-state index in [-0.39, 0.29) is 18.1 Å². The molecule has 1 aromatic rings. The maximum atomic E-state index is 11.9. The number of amides is 1. The molecule has 17 heavy (non-hydrogen) atoms. The van der Waals surface area contributed by atoms with E-state index in [1.165, 1.54) is 6.42 Å². The van der Waals surface area contributed by atoms with E-state index in [1.54, 1.807) is 11.3 Å². The number of carbonyl (C=O) groups excluding carboxylic acids is 1. The van der Waals surface area contributed by atoms with E-state index >= 15 is 0 Å². The number of hydrogen-bond donors (Lipinski definition) is 2. The van der Waals surface area contributed by atoms with Crippen LogP contribution < -0.4 is 5.32 Å². The summed E-state index contributed by atoms with van der Waals surface area (Å²) in [5.74, 6) is 0.0309. The summed E-state index contributed by atoms with van der Waals surface area (Å²) in [6, 6.07) is 3.92. The second-order valence-electron chi connectivity index (χ2n) is 4.80. The van der Waals surface area contributed by atoms with E-state index in [9.17, 15) is 9.90 Å². The minimum absolute atomic E-state index is 0.0309. The molecule has 0 saturated heterocycles. The molecule has 0 aliphatic heterocycles. The van der Waals surface area contributed by atoms with Crippen LogP contribution in [0.5, 0.6) is 0 Å². The first-order chi connectivity index (χ1) is 8.24. The lowest BCUT2D eigenvalue weighted by Crippen LogP contribution is -2.52. The van der Waals surface area contributed by atoms with Crippen molar-refractivity contribution < 1.29 is 9.90 Å². The fraction of sp³-hybridized carbons (Fsp3) is 0.615. The van der Waals surface area contributed by atoms with Gasteiger partial charge in [-0.05, 0) is 24.3 Å². The minimum Gasteiger partial charge on any atom is -0.394 e. The lowest BCUT2D eigenvalue weighted by molar-refractivity contribution is -0.123. The van der Waals surface area contributed by atoms with Gasteiger partial charge in [0.05, 0.1) is 18.6 Å². The fourth-order valence-corrected chi connectivity index (χ4v) is 3.17. The summed E-state index contributed by atoms with van der Waals surface area (Å²) in [4.78, 5) is 13.0. The first kappa shape index (κ1) is 12.6. The molecule has 0 spiro atoms. The Labute approximate surface area is 106 Å². The van der Waals surface area contributed by atoms with Crippen molar-refractivity contribution in [2.24, 2.45) is 0 Å². The summed E-state index contributed by atoms with van der Waals surface area (Å²) >= 11 is 1.60. The Hall–Kier alpha value is -0.870. The maximum Gasteiger partial charge on any atom is 0.225 e. The molecule has 4 heteroatoms. The van der Waals surface area contributed by atoms with E-state index in [1.807, 2.05) is 17.5 Å². The smallest absolute Gasteiger partial charge is 0.225 e. The third kappa shape index (κ3) is 3.30. The predicted molar refractivity (Wildman–Crippen MR) is 69.1 cm³/mol. The van der Waals surface area contributed by atoms with Gasteiger partial charge < -0.3 is 10.4 Å². The monoisotopic (exact) mass is 253 g/mol. The number of carbonyl (C=O) groups is 1. The summed E-state index contributed by atoms with van der Waals surface area (Å²) in [5.41, 5.74) is -0.355. The first-order valence-electron chi connectivity index (χ1n) is 6.18. The standard InChI is InChI=1S/C13H19NO2S/c15-10-13(6-2-1-3-7-13)14-12(16)9-11-5-4-8-17-11/h4-5,8,15H,1-3,6-7,9-10H2,(H,14,16). The lowest BCUT2D eigenvalue weighted by atomic mass is 9.82. The predicted octanol–water partition coefficient (Wildman–Crippen LogP) is 2.10. The van der Waals surface area contributed by atoms with Crippen LogP contribution in [0.4, 0.5) is 0 Å². The number of thiophene rings is 1. The zero-order valence-electron chi connectivity index (χ0n) is 9.95. The van der Waals surface area contributed by atoms with E-state index < -0.39 is 0 Å². The highest BCUT2D eigenvalue weighted by molar-refractivity contribution is 7.10. The third-order valence-electron chi connectivity index (χ3n) is 3.43. The summed E-state index contributed by atoms with van der Waals surface area (Å²) in [7, 11) is 0. The van der Waals surface area contributed by atoms with Crippen molar-refractivity contribution in [1.82, 2.24) is 5.32 Å². The van der Waals surface area contributed by atoms with Gasteiger partial charge >= 0.3 is 0 Å². The van der Waals surface area contributed by atoms with Crippen LogP contribution in [0.1, 0.15) is 37.0 Å². The first-order valence-corrected chi connectivity index (χ1v) is 7.06. The Bertz CT molecular complexity index is 356. The van der Waals surface area contributed by atoms with E-state index in [4.69, 9.17) is 0 Å². The highest BCUT2D eigenvalue weighted by Crippen LogP contribution is 2.27. The average molecular weight is 253 g/mol. The number of hydrogen-bond acceptors (Lipinski definition) is 3. The molecule has 2 N–H and O–H groups in total. The number of rotatable bonds is 4. The molecule has 1 amide bonds. The molecule has 1 heterocycles. The van der Waals surface area contributed by atoms with E-state index in [0.717, 1.165) is 30.6 Å². The van der Waals surface area contributed by atoms with Gasteiger partial charge in [-0.2, -0.15) is 0 Å². The third-order valence-corrected chi connectivity index (χ3v) is 4.31. The molecule has 0 aromatic carbocycles. The molecule has 94 valence electrons. The van der Waals surface area contributed by atoms with Crippen LogP contribution in [0.15, 0.2) is 17.5 Å². The van der Waals surface area contributed by atoms with Gasteiger partial charge in [0.1, 0.15) is 0 Å². The van der Waals surface area contributed by atoms with Crippen molar-refractivity contribution >= 4 is 17.2 Å². The normalized spacial score (nSPS) is 18.9. The van der Waals surface area contributed by atoms with Gasteiger partial charge in [0, 0.05) is 4.88 Å². The highest BCUT2D eigenvalue weighted by atomic mass is 32.1. The van der Waals surface area contributed by atoms with Crippen LogP contribution in [0, 0.1) is 0 Å². The van der Waals surface area contributed by atoms with Crippen molar-refractivity contribution in [1.29, 1.82) is 0 Å². The molecule has 2 rings (SSSR count). The van der Waals surface area contributed by atoms with Gasteiger partial charge in [0.2, 0.25) is 5.91 Å². The summed E-state index contributed by atoms with van der Waals surface area (Å²) in [6.07, 6.45) is 5.64. The quantitative estimate of drug-likeness (QED) is 0.863. The number of aliphatic hydroxyl groups excluding tert-OH is 1. The Balaban J connectivity index is 1.91. The Morgan fingerprint density at radius 2 is 2.18 bits per heavy atom. The molecular formula is C13H19NO2S. The Kier molecular flexibility index (Phi) is 4.18. The molecule has 0 atom stereocenters. The lowest BCUT2D eigenvalue weighted by Gasteiger charge is -2.36. The van der Waals surface area contributed by atoms with Crippen molar-refractivity contribution in [2.75, 3.05) is 6.61 Å². The molecule has 1 fully saturated rings.